The van der Waals surface area contributed by atoms with Crippen molar-refractivity contribution in [3.8, 4) is 0 Å². The zero-order chi connectivity index (χ0) is 8.59. The molecule has 0 aromatic heterocycles. The summed E-state index contributed by atoms with van der Waals surface area (Å²) < 4.78 is 0. The number of rotatable bonds is 1. The number of nitrogens with zero attached hydrogens (tertiary/aromatic N) is 2. The predicted molar refractivity (Wildman–Crippen MR) is 48.0 cm³/mol. The monoisotopic (exact) mass is 154 g/mol. The highest BCUT2D eigenvalue weighted by atomic mass is 15.4. The minimum absolute atomic E-state index is 0.523. The third-order valence-electron chi connectivity index (χ3n) is 2.48. The van der Waals surface area contributed by atoms with Crippen molar-refractivity contribution >= 4 is 0 Å². The smallest absolute Gasteiger partial charge is 0.0979 e. The van der Waals surface area contributed by atoms with E-state index in [1.807, 2.05) is 0 Å². The standard InChI is InChI=1S/C9H18N2/c1-7(2)11-6-8(3)10(5)9(11)4/h6-7,9H,1-5H3. The highest BCUT2D eigenvalue weighted by Gasteiger charge is 2.24. The normalized spacial score (nSPS) is 24.9. The maximum atomic E-state index is 2.37. The summed E-state index contributed by atoms with van der Waals surface area (Å²) in [6.45, 7) is 8.82. The van der Waals surface area contributed by atoms with Crippen LogP contribution >= 0.6 is 0 Å². The van der Waals surface area contributed by atoms with E-state index in [-0.39, 0.29) is 0 Å². The average Bonchev–Trinajstić information content (AvgIpc) is 2.17. The van der Waals surface area contributed by atoms with Gasteiger partial charge in [-0.1, -0.05) is 0 Å². The molecule has 0 N–H and O–H groups in total. The van der Waals surface area contributed by atoms with E-state index < -0.39 is 0 Å². The quantitative estimate of drug-likeness (QED) is 0.568. The van der Waals surface area contributed by atoms with Gasteiger partial charge in [-0.15, -0.1) is 0 Å². The zero-order valence-electron chi connectivity index (χ0n) is 8.13. The van der Waals surface area contributed by atoms with E-state index in [0.29, 0.717) is 12.2 Å². The highest BCUT2D eigenvalue weighted by Crippen LogP contribution is 2.21. The Balaban J connectivity index is 2.72. The largest absolute Gasteiger partial charge is 0.357 e. The van der Waals surface area contributed by atoms with Gasteiger partial charge in [-0.25, -0.2) is 0 Å². The molecule has 0 amide bonds. The highest BCUT2D eigenvalue weighted by molar-refractivity contribution is 5.05. The first kappa shape index (κ1) is 8.44. The summed E-state index contributed by atoms with van der Waals surface area (Å²) in [5, 5.41) is 0. The van der Waals surface area contributed by atoms with Crippen LogP contribution in [0.25, 0.3) is 0 Å². The summed E-state index contributed by atoms with van der Waals surface area (Å²) in [6, 6.07) is 0.602. The maximum absolute atomic E-state index is 2.37. The molecule has 1 atom stereocenters. The first-order chi connectivity index (χ1) is 5.04. The van der Waals surface area contributed by atoms with Gasteiger partial charge >= 0.3 is 0 Å². The zero-order valence-corrected chi connectivity index (χ0v) is 8.13. The van der Waals surface area contributed by atoms with E-state index >= 15 is 0 Å². The van der Waals surface area contributed by atoms with Crippen molar-refractivity contribution in [2.24, 2.45) is 0 Å². The second kappa shape index (κ2) is 2.76. The van der Waals surface area contributed by atoms with Crippen molar-refractivity contribution in [3.63, 3.8) is 0 Å². The first-order valence-electron chi connectivity index (χ1n) is 4.22. The molecule has 0 radical (unpaired) electrons. The summed E-state index contributed by atoms with van der Waals surface area (Å²) >= 11 is 0. The molecule has 0 saturated heterocycles. The van der Waals surface area contributed by atoms with E-state index in [1.165, 1.54) is 5.70 Å². The van der Waals surface area contributed by atoms with Crippen LogP contribution in [-0.4, -0.2) is 29.1 Å². The molecule has 0 aromatic rings. The molecule has 1 aliphatic heterocycles. The molecular formula is C9H18N2. The van der Waals surface area contributed by atoms with Gasteiger partial charge in [-0.05, 0) is 27.7 Å². The number of hydrogen-bond donors (Lipinski definition) is 0. The van der Waals surface area contributed by atoms with Crippen LogP contribution in [-0.2, 0) is 0 Å². The van der Waals surface area contributed by atoms with Crippen molar-refractivity contribution < 1.29 is 0 Å². The van der Waals surface area contributed by atoms with Gasteiger partial charge in [0.15, 0.2) is 0 Å². The third kappa shape index (κ3) is 1.35. The second-order valence-electron chi connectivity index (χ2n) is 3.55. The lowest BCUT2D eigenvalue weighted by Gasteiger charge is -2.30. The Kier molecular flexibility index (Phi) is 2.12. The molecule has 1 rings (SSSR count). The molecule has 1 aliphatic rings. The van der Waals surface area contributed by atoms with Crippen molar-refractivity contribution in [1.29, 1.82) is 0 Å². The van der Waals surface area contributed by atoms with Gasteiger partial charge in [0.05, 0.1) is 6.17 Å². The van der Waals surface area contributed by atoms with Crippen molar-refractivity contribution in [2.45, 2.75) is 39.9 Å². The van der Waals surface area contributed by atoms with Crippen LogP contribution in [0.4, 0.5) is 0 Å². The Hall–Kier alpha value is -0.660. The van der Waals surface area contributed by atoms with E-state index in [9.17, 15) is 0 Å². The Labute approximate surface area is 69.5 Å². The number of allylic oxidation sites excluding steroid dienone is 1. The fourth-order valence-corrected chi connectivity index (χ4v) is 1.49. The van der Waals surface area contributed by atoms with Crippen molar-refractivity contribution in [3.05, 3.63) is 11.9 Å². The molecule has 0 aromatic carbocycles. The van der Waals surface area contributed by atoms with Gasteiger partial charge < -0.3 is 9.80 Å². The summed E-state index contributed by atoms with van der Waals surface area (Å²) in [5.41, 5.74) is 1.35. The van der Waals surface area contributed by atoms with Gasteiger partial charge in [0.2, 0.25) is 0 Å². The van der Waals surface area contributed by atoms with Crippen LogP contribution in [0.5, 0.6) is 0 Å². The summed E-state index contributed by atoms with van der Waals surface area (Å²) in [5.74, 6) is 0. The Morgan fingerprint density at radius 3 is 2.18 bits per heavy atom. The van der Waals surface area contributed by atoms with Gasteiger partial charge in [0.25, 0.3) is 0 Å². The topological polar surface area (TPSA) is 6.48 Å². The third-order valence-corrected chi connectivity index (χ3v) is 2.48. The second-order valence-corrected chi connectivity index (χ2v) is 3.55. The molecule has 0 aliphatic carbocycles. The summed E-state index contributed by atoms with van der Waals surface area (Å²) in [4.78, 5) is 4.66. The SMILES string of the molecule is CC1=CN(C(C)C)C(C)N1C. The molecular weight excluding hydrogens is 136 g/mol. The lowest BCUT2D eigenvalue weighted by molar-refractivity contribution is 0.158. The van der Waals surface area contributed by atoms with Crippen molar-refractivity contribution in [1.82, 2.24) is 9.80 Å². The average molecular weight is 154 g/mol. The Bertz CT molecular complexity index is 172. The fourth-order valence-electron chi connectivity index (χ4n) is 1.49. The van der Waals surface area contributed by atoms with Crippen LogP contribution in [0.2, 0.25) is 0 Å². The lowest BCUT2D eigenvalue weighted by Crippen LogP contribution is -2.38. The van der Waals surface area contributed by atoms with Crippen LogP contribution in [0.15, 0.2) is 11.9 Å². The minimum Gasteiger partial charge on any atom is -0.357 e. The Morgan fingerprint density at radius 1 is 1.45 bits per heavy atom. The molecule has 11 heavy (non-hydrogen) atoms. The lowest BCUT2D eigenvalue weighted by atomic mass is 10.3. The molecule has 1 unspecified atom stereocenters. The van der Waals surface area contributed by atoms with Crippen molar-refractivity contribution in [2.75, 3.05) is 7.05 Å². The fraction of sp³-hybridized carbons (Fsp3) is 0.778. The molecule has 64 valence electrons. The van der Waals surface area contributed by atoms with E-state index in [4.69, 9.17) is 0 Å². The van der Waals surface area contributed by atoms with Crippen LogP contribution in [0.3, 0.4) is 0 Å². The van der Waals surface area contributed by atoms with Crippen LogP contribution in [0, 0.1) is 0 Å². The molecule has 0 bridgehead atoms. The van der Waals surface area contributed by atoms with Gasteiger partial charge in [0.1, 0.15) is 0 Å². The Morgan fingerprint density at radius 2 is 2.00 bits per heavy atom. The molecule has 1 heterocycles. The first-order valence-corrected chi connectivity index (χ1v) is 4.22. The molecule has 0 saturated carbocycles. The van der Waals surface area contributed by atoms with Crippen LogP contribution < -0.4 is 0 Å². The van der Waals surface area contributed by atoms with Gasteiger partial charge in [0, 0.05) is 25.0 Å². The van der Waals surface area contributed by atoms with Gasteiger partial charge in [-0.3, -0.25) is 0 Å². The molecule has 0 fully saturated rings. The molecule has 2 nitrogen and oxygen atoms in total. The van der Waals surface area contributed by atoms with Gasteiger partial charge in [-0.2, -0.15) is 0 Å². The summed E-state index contributed by atoms with van der Waals surface area (Å²) in [6.07, 6.45) is 2.75. The number of hydrogen-bond acceptors (Lipinski definition) is 2. The van der Waals surface area contributed by atoms with E-state index in [0.717, 1.165) is 0 Å². The minimum atomic E-state index is 0.523. The van der Waals surface area contributed by atoms with E-state index in [2.05, 4.69) is 50.7 Å². The molecule has 2 heteroatoms. The maximum Gasteiger partial charge on any atom is 0.0979 e. The predicted octanol–water partition coefficient (Wildman–Crippen LogP) is 1.85. The summed E-state index contributed by atoms with van der Waals surface area (Å²) in [7, 11) is 2.14. The van der Waals surface area contributed by atoms with Crippen LogP contribution in [0.1, 0.15) is 27.7 Å². The molecule has 0 spiro atoms. The van der Waals surface area contributed by atoms with E-state index in [1.54, 1.807) is 0 Å².